The lowest BCUT2D eigenvalue weighted by atomic mass is 10.0. The van der Waals surface area contributed by atoms with Crippen molar-refractivity contribution in [3.8, 4) is 0 Å². The number of hydrogen-bond acceptors (Lipinski definition) is 9. The standard InChI is InChI=1S/C32H28N4O5S3/c1-19(37)35(2)32-33-17-24(44-32)23-18-43-30-26(34-25(38)16-22-14-9-15-42-22)29(39)36(30)27(23)31(40)41-28(20-10-5-3-6-11-20)21-12-7-4-8-13-21/h3-15,17,26,28,30H,16,18H2,1-2H3,(H,34,38). The van der Waals surface area contributed by atoms with E-state index in [1.807, 2.05) is 78.2 Å². The summed E-state index contributed by atoms with van der Waals surface area (Å²) >= 11 is 4.20. The molecule has 1 fully saturated rings. The minimum Gasteiger partial charge on any atom is -0.448 e. The quantitative estimate of drug-likeness (QED) is 0.205. The molecule has 0 saturated carbocycles. The highest BCUT2D eigenvalue weighted by Crippen LogP contribution is 2.46. The molecule has 0 aliphatic carbocycles. The van der Waals surface area contributed by atoms with Gasteiger partial charge >= 0.3 is 5.97 Å². The third-order valence-electron chi connectivity index (χ3n) is 7.37. The number of fused-ring (bicyclic) bond motifs is 1. The van der Waals surface area contributed by atoms with Gasteiger partial charge in [-0.25, -0.2) is 9.78 Å². The number of anilines is 1. The van der Waals surface area contributed by atoms with Crippen LogP contribution in [-0.4, -0.2) is 57.8 Å². The molecule has 9 nitrogen and oxygen atoms in total. The second-order valence-corrected chi connectivity index (χ2v) is 13.4. The number of thioether (sulfide) groups is 1. The maximum absolute atomic E-state index is 14.2. The maximum atomic E-state index is 14.2. The number of carbonyl (C=O) groups excluding carboxylic acids is 4. The molecule has 0 radical (unpaired) electrons. The van der Waals surface area contributed by atoms with Crippen LogP contribution >= 0.6 is 34.4 Å². The van der Waals surface area contributed by atoms with Crippen LogP contribution < -0.4 is 10.2 Å². The number of ether oxygens (including phenoxy) is 1. The van der Waals surface area contributed by atoms with Crippen molar-refractivity contribution in [2.45, 2.75) is 30.9 Å². The highest BCUT2D eigenvalue weighted by atomic mass is 32.2. The number of thiazole rings is 1. The van der Waals surface area contributed by atoms with E-state index < -0.39 is 23.5 Å². The monoisotopic (exact) mass is 644 g/mol. The van der Waals surface area contributed by atoms with E-state index in [-0.39, 0.29) is 29.8 Å². The van der Waals surface area contributed by atoms with Gasteiger partial charge in [-0.05, 0) is 22.6 Å². The Hall–Kier alpha value is -4.26. The molecule has 1 N–H and O–H groups in total. The Balaban J connectivity index is 1.34. The van der Waals surface area contributed by atoms with Crippen LogP contribution in [0.25, 0.3) is 5.57 Å². The molecular weight excluding hydrogens is 617 g/mol. The summed E-state index contributed by atoms with van der Waals surface area (Å²) in [6, 6.07) is 21.8. The Labute approximate surface area is 266 Å². The molecule has 3 amide bonds. The van der Waals surface area contributed by atoms with Crippen molar-refractivity contribution in [2.24, 2.45) is 0 Å². The number of esters is 1. The molecule has 2 aliphatic heterocycles. The first-order valence-corrected chi connectivity index (χ1v) is 16.6. The summed E-state index contributed by atoms with van der Waals surface area (Å²) in [5, 5.41) is 4.77. The smallest absolute Gasteiger partial charge is 0.356 e. The summed E-state index contributed by atoms with van der Waals surface area (Å²) in [5.74, 6) is -1.09. The van der Waals surface area contributed by atoms with Crippen molar-refractivity contribution in [1.29, 1.82) is 0 Å². The molecule has 2 aliphatic rings. The van der Waals surface area contributed by atoms with Gasteiger partial charge in [0.2, 0.25) is 11.8 Å². The van der Waals surface area contributed by atoms with Crippen LogP contribution in [0.1, 0.15) is 33.9 Å². The van der Waals surface area contributed by atoms with Crippen molar-refractivity contribution < 1.29 is 23.9 Å². The van der Waals surface area contributed by atoms with E-state index in [9.17, 15) is 19.2 Å². The summed E-state index contributed by atoms with van der Waals surface area (Å²) in [4.78, 5) is 61.5. The first-order chi connectivity index (χ1) is 21.3. The van der Waals surface area contributed by atoms with Crippen LogP contribution in [-0.2, 0) is 30.3 Å². The van der Waals surface area contributed by atoms with Gasteiger partial charge < -0.3 is 10.1 Å². The molecule has 224 valence electrons. The molecule has 12 heteroatoms. The number of nitrogens with zero attached hydrogens (tertiary/aromatic N) is 3. The van der Waals surface area contributed by atoms with Crippen molar-refractivity contribution in [3.05, 3.63) is 111 Å². The third-order valence-corrected chi connectivity index (χ3v) is 10.7. The van der Waals surface area contributed by atoms with Gasteiger partial charge in [0, 0.05) is 36.4 Å². The zero-order valence-electron chi connectivity index (χ0n) is 23.8. The summed E-state index contributed by atoms with van der Waals surface area (Å²) < 4.78 is 6.23. The highest BCUT2D eigenvalue weighted by molar-refractivity contribution is 8.00. The van der Waals surface area contributed by atoms with E-state index in [1.54, 1.807) is 13.2 Å². The van der Waals surface area contributed by atoms with E-state index >= 15 is 0 Å². The minimum absolute atomic E-state index is 0.125. The molecule has 4 heterocycles. The number of nitrogens with one attached hydrogen (secondary N) is 1. The number of hydrogen-bond donors (Lipinski definition) is 1. The van der Waals surface area contributed by atoms with Crippen molar-refractivity contribution >= 4 is 68.8 Å². The Morgan fingerprint density at radius 1 is 1.05 bits per heavy atom. The van der Waals surface area contributed by atoms with Crippen molar-refractivity contribution in [2.75, 3.05) is 17.7 Å². The number of rotatable bonds is 9. The maximum Gasteiger partial charge on any atom is 0.356 e. The Morgan fingerprint density at radius 3 is 2.34 bits per heavy atom. The minimum atomic E-state index is -0.767. The number of aromatic nitrogens is 1. The average molecular weight is 645 g/mol. The van der Waals surface area contributed by atoms with Crippen LogP contribution in [0.15, 0.2) is 90.1 Å². The predicted molar refractivity (Wildman–Crippen MR) is 172 cm³/mol. The first-order valence-electron chi connectivity index (χ1n) is 13.8. The molecule has 2 aromatic carbocycles. The number of benzene rings is 2. The molecule has 6 rings (SSSR count). The molecule has 2 atom stereocenters. The molecule has 1 saturated heterocycles. The molecule has 0 bridgehead atoms. The van der Waals surface area contributed by atoms with Gasteiger partial charge in [0.15, 0.2) is 11.2 Å². The zero-order valence-corrected chi connectivity index (χ0v) is 26.3. The molecular formula is C32H28N4O5S3. The third kappa shape index (κ3) is 5.92. The molecule has 0 spiro atoms. The number of amides is 3. The van der Waals surface area contributed by atoms with E-state index in [2.05, 4.69) is 10.3 Å². The zero-order chi connectivity index (χ0) is 30.8. The lowest BCUT2D eigenvalue weighted by Gasteiger charge is -2.49. The van der Waals surface area contributed by atoms with E-state index in [4.69, 9.17) is 4.74 Å². The predicted octanol–water partition coefficient (Wildman–Crippen LogP) is 4.87. The average Bonchev–Trinajstić information content (AvgIpc) is 3.75. The Morgan fingerprint density at radius 2 is 1.73 bits per heavy atom. The SMILES string of the molecule is CC(=O)N(C)c1ncc(C2=C(C(=O)OC(c3ccccc3)c3ccccc3)N3C(=O)C(NC(=O)Cc4cccs4)C3SC2)s1. The van der Waals surface area contributed by atoms with E-state index in [1.165, 1.54) is 51.2 Å². The van der Waals surface area contributed by atoms with Gasteiger partial charge in [-0.15, -0.1) is 23.1 Å². The van der Waals surface area contributed by atoms with Crippen LogP contribution in [0.4, 0.5) is 5.13 Å². The van der Waals surface area contributed by atoms with Gasteiger partial charge in [0.1, 0.15) is 17.1 Å². The van der Waals surface area contributed by atoms with Crippen molar-refractivity contribution in [3.63, 3.8) is 0 Å². The number of carbonyl (C=O) groups is 4. The van der Waals surface area contributed by atoms with Gasteiger partial charge in [0.25, 0.3) is 5.91 Å². The fourth-order valence-electron chi connectivity index (χ4n) is 5.03. The van der Waals surface area contributed by atoms with E-state index in [0.717, 1.165) is 16.0 Å². The van der Waals surface area contributed by atoms with Gasteiger partial charge in [-0.2, -0.15) is 0 Å². The van der Waals surface area contributed by atoms with Crippen LogP contribution in [0, 0.1) is 0 Å². The van der Waals surface area contributed by atoms with E-state index in [0.29, 0.717) is 21.3 Å². The van der Waals surface area contributed by atoms with Gasteiger partial charge in [0.05, 0.1) is 11.3 Å². The topological polar surface area (TPSA) is 109 Å². The lowest BCUT2D eigenvalue weighted by molar-refractivity contribution is -0.154. The van der Waals surface area contributed by atoms with Crippen LogP contribution in [0.3, 0.4) is 0 Å². The molecule has 4 aromatic rings. The Kier molecular flexibility index (Phi) is 8.65. The molecule has 44 heavy (non-hydrogen) atoms. The normalized spacial score (nSPS) is 17.6. The number of thiophene rings is 1. The largest absolute Gasteiger partial charge is 0.448 e. The fraction of sp³-hybridized carbons (Fsp3) is 0.219. The fourth-order valence-corrected chi connectivity index (χ4v) is 8.16. The summed E-state index contributed by atoms with van der Waals surface area (Å²) in [7, 11) is 1.63. The molecule has 2 unspecified atom stereocenters. The lowest BCUT2D eigenvalue weighted by Crippen LogP contribution is -2.70. The second kappa shape index (κ2) is 12.8. The second-order valence-electron chi connectivity index (χ2n) is 10.2. The van der Waals surface area contributed by atoms with Gasteiger partial charge in [-0.3, -0.25) is 24.2 Å². The summed E-state index contributed by atoms with van der Waals surface area (Å²) in [5.41, 5.74) is 2.29. The molecule has 2 aromatic heterocycles. The summed E-state index contributed by atoms with van der Waals surface area (Å²) in [6.45, 7) is 1.45. The Bertz CT molecular complexity index is 1680. The number of β-lactam (4-membered cyclic amide) rings is 1. The summed E-state index contributed by atoms with van der Waals surface area (Å²) in [6.07, 6.45) is 1.07. The highest BCUT2D eigenvalue weighted by Gasteiger charge is 2.55. The van der Waals surface area contributed by atoms with Crippen molar-refractivity contribution in [1.82, 2.24) is 15.2 Å². The van der Waals surface area contributed by atoms with Crippen LogP contribution in [0.2, 0.25) is 0 Å². The first kappa shape index (κ1) is 29.8. The van der Waals surface area contributed by atoms with Crippen LogP contribution in [0.5, 0.6) is 0 Å². The van der Waals surface area contributed by atoms with Gasteiger partial charge in [-0.1, -0.05) is 78.1 Å².